The number of aromatic nitrogens is 2. The van der Waals surface area contributed by atoms with Crippen LogP contribution in [0, 0.1) is 5.82 Å². The number of rotatable bonds is 6. The molecule has 1 N–H and O–H groups in total. The van der Waals surface area contributed by atoms with E-state index >= 15 is 4.39 Å². The van der Waals surface area contributed by atoms with E-state index in [-0.39, 0.29) is 15.1 Å². The summed E-state index contributed by atoms with van der Waals surface area (Å²) in [7, 11) is 0. The van der Waals surface area contributed by atoms with Crippen LogP contribution in [0.1, 0.15) is 5.56 Å². The van der Waals surface area contributed by atoms with Gasteiger partial charge >= 0.3 is 0 Å². The van der Waals surface area contributed by atoms with Gasteiger partial charge in [-0.15, -0.1) is 0 Å². The molecule has 0 radical (unpaired) electrons. The van der Waals surface area contributed by atoms with Gasteiger partial charge in [-0.05, 0) is 54.1 Å². The second-order valence-corrected chi connectivity index (χ2v) is 8.32. The first-order chi connectivity index (χ1) is 15.6. The van der Waals surface area contributed by atoms with Crippen LogP contribution in [-0.2, 0) is 5.60 Å². The molecule has 0 aliphatic heterocycles. The molecule has 2 atom stereocenters. The molecule has 0 aliphatic carbocycles. The number of benzene rings is 3. The average molecular weight is 520 g/mol. The molecular weight excluding hydrogens is 507 g/mol. The van der Waals surface area contributed by atoms with Gasteiger partial charge in [-0.25, -0.2) is 17.9 Å². The van der Waals surface area contributed by atoms with Gasteiger partial charge < -0.3 is 9.84 Å². The number of ether oxygens (including phenoxy) is 1. The van der Waals surface area contributed by atoms with Gasteiger partial charge in [-0.3, -0.25) is 0 Å². The van der Waals surface area contributed by atoms with Crippen LogP contribution in [-0.4, -0.2) is 27.7 Å². The highest BCUT2D eigenvalue weighted by molar-refractivity contribution is 6.40. The van der Waals surface area contributed by atoms with Crippen molar-refractivity contribution in [1.29, 1.82) is 0 Å². The molecule has 0 aliphatic rings. The number of hydrogen-bond donors (Lipinski definition) is 1. The number of fused-ring (bicyclic) bond motifs is 1. The zero-order valence-electron chi connectivity index (χ0n) is 16.3. The van der Waals surface area contributed by atoms with E-state index in [4.69, 9.17) is 39.5 Å². The van der Waals surface area contributed by atoms with E-state index in [1.807, 2.05) is 0 Å². The Labute approximate surface area is 199 Å². The molecule has 0 amide bonds. The second kappa shape index (κ2) is 9.02. The van der Waals surface area contributed by atoms with Gasteiger partial charge in [-0.1, -0.05) is 40.9 Å². The molecule has 4 aromatic rings. The van der Waals surface area contributed by atoms with Crippen molar-refractivity contribution >= 4 is 45.7 Å². The third-order valence-corrected chi connectivity index (χ3v) is 5.74. The lowest BCUT2D eigenvalue weighted by atomic mass is 9.93. The Bertz CT molecular complexity index is 1290. The first-order valence-corrected chi connectivity index (χ1v) is 10.4. The van der Waals surface area contributed by atoms with Crippen molar-refractivity contribution < 1.29 is 27.4 Å². The van der Waals surface area contributed by atoms with Gasteiger partial charge in [0.05, 0.1) is 27.4 Å². The van der Waals surface area contributed by atoms with Crippen LogP contribution in [0.25, 0.3) is 16.6 Å². The van der Waals surface area contributed by atoms with E-state index < -0.39 is 35.5 Å². The van der Waals surface area contributed by atoms with E-state index in [9.17, 15) is 18.3 Å². The molecular formula is C22H13Cl3F4N2O2. The minimum atomic E-state index is -3.58. The lowest BCUT2D eigenvalue weighted by Crippen LogP contribution is -2.46. The second-order valence-electron chi connectivity index (χ2n) is 7.06. The van der Waals surface area contributed by atoms with Gasteiger partial charge in [0.25, 0.3) is 12.8 Å². The molecule has 0 bridgehead atoms. The topological polar surface area (TPSA) is 47.3 Å². The molecule has 0 saturated carbocycles. The van der Waals surface area contributed by atoms with E-state index in [1.165, 1.54) is 53.3 Å². The molecule has 3 aromatic carbocycles. The highest BCUT2D eigenvalue weighted by Gasteiger charge is 2.50. The summed E-state index contributed by atoms with van der Waals surface area (Å²) in [5, 5.41) is 14.9. The van der Waals surface area contributed by atoms with Gasteiger partial charge in [0.2, 0.25) is 5.60 Å². The zero-order valence-corrected chi connectivity index (χ0v) is 18.6. The maximum absolute atomic E-state index is 15.1. The Hall–Kier alpha value is -2.52. The summed E-state index contributed by atoms with van der Waals surface area (Å²) in [5.41, 5.74) is -2.85. The van der Waals surface area contributed by atoms with Gasteiger partial charge in [0.1, 0.15) is 5.82 Å². The predicted molar refractivity (Wildman–Crippen MR) is 118 cm³/mol. The lowest BCUT2D eigenvalue weighted by molar-refractivity contribution is -0.200. The third kappa shape index (κ3) is 4.36. The van der Waals surface area contributed by atoms with Crippen LogP contribution in [0.15, 0.2) is 60.8 Å². The molecule has 33 heavy (non-hydrogen) atoms. The van der Waals surface area contributed by atoms with Crippen LogP contribution in [0.3, 0.4) is 0 Å². The number of halogens is 7. The SMILES string of the molecule is OC(c1ccc2c(cnn2-c2ccc(F)cc2)c1)(C(F)F)C(F)Oc1c(Cl)cc(Cl)cc1Cl. The molecule has 0 spiro atoms. The van der Waals surface area contributed by atoms with Crippen LogP contribution in [0.4, 0.5) is 17.6 Å². The van der Waals surface area contributed by atoms with Crippen molar-refractivity contribution in [3.8, 4) is 11.4 Å². The van der Waals surface area contributed by atoms with Crippen molar-refractivity contribution in [2.45, 2.75) is 18.4 Å². The third-order valence-electron chi connectivity index (χ3n) is 4.96. The predicted octanol–water partition coefficient (Wildman–Crippen LogP) is 6.95. The van der Waals surface area contributed by atoms with Crippen molar-refractivity contribution in [3.05, 3.63) is 87.2 Å². The van der Waals surface area contributed by atoms with Crippen LogP contribution in [0.2, 0.25) is 15.1 Å². The molecule has 0 fully saturated rings. The maximum Gasteiger partial charge on any atom is 0.277 e. The number of hydrogen-bond acceptors (Lipinski definition) is 3. The van der Waals surface area contributed by atoms with Crippen molar-refractivity contribution in [2.75, 3.05) is 0 Å². The highest BCUT2D eigenvalue weighted by atomic mass is 35.5. The normalized spacial score (nSPS) is 14.5. The first-order valence-electron chi connectivity index (χ1n) is 9.31. The standard InChI is InChI=1S/C22H13Cl3F4N2O2/c23-13-8-16(24)19(17(25)9-13)33-21(29)22(32,20(27)28)12-1-6-18-11(7-12)10-30-31(18)15-4-2-14(26)3-5-15/h1-10,20-21,32H. The Morgan fingerprint density at radius 1 is 0.939 bits per heavy atom. The lowest BCUT2D eigenvalue weighted by Gasteiger charge is -2.31. The Morgan fingerprint density at radius 2 is 1.58 bits per heavy atom. The summed E-state index contributed by atoms with van der Waals surface area (Å²) in [4.78, 5) is 0. The van der Waals surface area contributed by atoms with Gasteiger partial charge in [0.15, 0.2) is 5.75 Å². The Balaban J connectivity index is 1.72. The smallest absolute Gasteiger partial charge is 0.277 e. The fraction of sp³-hybridized carbons (Fsp3) is 0.136. The average Bonchev–Trinajstić information content (AvgIpc) is 3.19. The zero-order chi connectivity index (χ0) is 23.9. The molecule has 0 saturated heterocycles. The Kier molecular flexibility index (Phi) is 6.46. The van der Waals surface area contributed by atoms with Crippen molar-refractivity contribution in [1.82, 2.24) is 9.78 Å². The highest BCUT2D eigenvalue weighted by Crippen LogP contribution is 2.41. The summed E-state index contributed by atoms with van der Waals surface area (Å²) in [6.07, 6.45) is -5.19. The van der Waals surface area contributed by atoms with E-state index in [2.05, 4.69) is 5.10 Å². The molecule has 2 unspecified atom stereocenters. The van der Waals surface area contributed by atoms with Crippen LogP contribution < -0.4 is 4.74 Å². The van der Waals surface area contributed by atoms with E-state index in [0.29, 0.717) is 16.6 Å². The van der Waals surface area contributed by atoms with Gasteiger partial charge in [-0.2, -0.15) is 9.49 Å². The maximum atomic E-state index is 15.1. The quantitative estimate of drug-likeness (QED) is 0.280. The minimum absolute atomic E-state index is 0.125. The molecule has 4 nitrogen and oxygen atoms in total. The molecule has 1 aromatic heterocycles. The summed E-state index contributed by atoms with van der Waals surface area (Å²) in [5.74, 6) is -0.881. The van der Waals surface area contributed by atoms with Crippen LogP contribution in [0.5, 0.6) is 5.75 Å². The summed E-state index contributed by atoms with van der Waals surface area (Å²) in [6, 6.07) is 11.5. The van der Waals surface area contributed by atoms with E-state index in [0.717, 1.165) is 12.1 Å². The number of nitrogens with zero attached hydrogens (tertiary/aromatic N) is 2. The Morgan fingerprint density at radius 3 is 2.18 bits per heavy atom. The fourth-order valence-electron chi connectivity index (χ4n) is 3.26. The number of alkyl halides is 3. The monoisotopic (exact) mass is 518 g/mol. The molecule has 1 heterocycles. The van der Waals surface area contributed by atoms with E-state index in [1.54, 1.807) is 0 Å². The molecule has 11 heteroatoms. The molecule has 4 rings (SSSR count). The first kappa shape index (κ1) is 23.6. The van der Waals surface area contributed by atoms with Crippen molar-refractivity contribution in [3.63, 3.8) is 0 Å². The summed E-state index contributed by atoms with van der Waals surface area (Å²) in [6.45, 7) is 0. The van der Waals surface area contributed by atoms with Gasteiger partial charge in [0, 0.05) is 10.4 Å². The summed E-state index contributed by atoms with van der Waals surface area (Å²) >= 11 is 17.7. The summed E-state index contributed by atoms with van der Waals surface area (Å²) < 4.78 is 62.6. The molecule has 172 valence electrons. The largest absolute Gasteiger partial charge is 0.453 e. The number of aliphatic hydroxyl groups is 1. The van der Waals surface area contributed by atoms with Crippen molar-refractivity contribution in [2.24, 2.45) is 0 Å². The van der Waals surface area contributed by atoms with Crippen LogP contribution >= 0.6 is 34.8 Å². The fourth-order valence-corrected chi connectivity index (χ4v) is 4.17. The minimum Gasteiger partial charge on any atom is -0.453 e.